The molecule has 0 aliphatic carbocycles. The standard InChI is InChI=1S/C12H16N4O3S/c1-17-8-4-7(5-9(18-2)11(8)19-3)6-10-14-15-12(20)16(10)13/h4-5H,6,13H2,1-3H3,(H,15,20). The van der Waals surface area contributed by atoms with Gasteiger partial charge in [0.25, 0.3) is 0 Å². The fourth-order valence-corrected chi connectivity index (χ4v) is 2.03. The number of aromatic amines is 1. The van der Waals surface area contributed by atoms with E-state index < -0.39 is 0 Å². The first-order chi connectivity index (χ1) is 9.60. The Balaban J connectivity index is 2.42. The van der Waals surface area contributed by atoms with E-state index in [1.54, 1.807) is 21.3 Å². The average Bonchev–Trinajstić information content (AvgIpc) is 2.78. The fourth-order valence-electron chi connectivity index (χ4n) is 1.88. The summed E-state index contributed by atoms with van der Waals surface area (Å²) in [6.07, 6.45) is 0.486. The Bertz CT molecular complexity index is 640. The maximum atomic E-state index is 5.78. The van der Waals surface area contributed by atoms with Gasteiger partial charge in [0.15, 0.2) is 17.3 Å². The maximum Gasteiger partial charge on any atom is 0.214 e. The Morgan fingerprint density at radius 3 is 2.20 bits per heavy atom. The minimum Gasteiger partial charge on any atom is -0.493 e. The molecule has 2 aromatic rings. The van der Waals surface area contributed by atoms with Crippen LogP contribution in [0.15, 0.2) is 12.1 Å². The van der Waals surface area contributed by atoms with Crippen molar-refractivity contribution in [2.24, 2.45) is 0 Å². The number of benzene rings is 1. The summed E-state index contributed by atoms with van der Waals surface area (Å²) in [5.74, 6) is 8.11. The highest BCUT2D eigenvalue weighted by Crippen LogP contribution is 2.38. The van der Waals surface area contributed by atoms with Gasteiger partial charge in [0.2, 0.25) is 10.5 Å². The molecule has 0 bridgehead atoms. The number of aromatic nitrogens is 3. The van der Waals surface area contributed by atoms with Crippen LogP contribution < -0.4 is 20.1 Å². The Hall–Kier alpha value is -2.22. The maximum absolute atomic E-state index is 5.78. The fraction of sp³-hybridized carbons (Fsp3) is 0.333. The second-order valence-corrected chi connectivity index (χ2v) is 4.41. The summed E-state index contributed by atoms with van der Waals surface area (Å²) in [7, 11) is 4.70. The molecule has 0 fully saturated rings. The molecule has 0 spiro atoms. The molecular weight excluding hydrogens is 280 g/mol. The van der Waals surface area contributed by atoms with Gasteiger partial charge in [-0.05, 0) is 29.9 Å². The predicted molar refractivity (Wildman–Crippen MR) is 76.5 cm³/mol. The van der Waals surface area contributed by atoms with Crippen molar-refractivity contribution in [1.29, 1.82) is 0 Å². The predicted octanol–water partition coefficient (Wildman–Crippen LogP) is 1.27. The van der Waals surface area contributed by atoms with Gasteiger partial charge in [-0.1, -0.05) is 0 Å². The van der Waals surface area contributed by atoms with Gasteiger partial charge >= 0.3 is 0 Å². The van der Waals surface area contributed by atoms with Gasteiger partial charge in [-0.25, -0.2) is 4.68 Å². The van der Waals surface area contributed by atoms with Crippen LogP contribution in [-0.4, -0.2) is 36.2 Å². The molecule has 1 heterocycles. The van der Waals surface area contributed by atoms with Crippen molar-refractivity contribution in [3.8, 4) is 17.2 Å². The zero-order valence-electron chi connectivity index (χ0n) is 11.5. The lowest BCUT2D eigenvalue weighted by atomic mass is 10.1. The second-order valence-electron chi connectivity index (χ2n) is 4.03. The van der Waals surface area contributed by atoms with Crippen molar-refractivity contribution < 1.29 is 14.2 Å². The molecular formula is C12H16N4O3S. The van der Waals surface area contributed by atoms with E-state index in [4.69, 9.17) is 32.3 Å². The minimum atomic E-state index is 0.368. The molecule has 0 aliphatic heterocycles. The van der Waals surface area contributed by atoms with Crippen LogP contribution in [0.3, 0.4) is 0 Å². The normalized spacial score (nSPS) is 10.3. The van der Waals surface area contributed by atoms with E-state index >= 15 is 0 Å². The zero-order chi connectivity index (χ0) is 14.7. The Morgan fingerprint density at radius 1 is 1.20 bits per heavy atom. The van der Waals surface area contributed by atoms with Crippen molar-refractivity contribution in [2.75, 3.05) is 27.2 Å². The Kier molecular flexibility index (Phi) is 4.14. The third kappa shape index (κ3) is 2.55. The molecule has 0 amide bonds. The van der Waals surface area contributed by atoms with Crippen molar-refractivity contribution in [1.82, 2.24) is 14.9 Å². The summed E-state index contributed by atoms with van der Waals surface area (Å²) in [4.78, 5) is 0. The molecule has 0 radical (unpaired) electrons. The van der Waals surface area contributed by atoms with E-state index in [0.717, 1.165) is 5.56 Å². The number of hydrogen-bond donors (Lipinski definition) is 2. The van der Waals surface area contributed by atoms with E-state index in [1.807, 2.05) is 12.1 Å². The first-order valence-electron chi connectivity index (χ1n) is 5.81. The van der Waals surface area contributed by atoms with E-state index in [2.05, 4.69) is 10.2 Å². The quantitative estimate of drug-likeness (QED) is 0.638. The number of rotatable bonds is 5. The lowest BCUT2D eigenvalue weighted by molar-refractivity contribution is 0.324. The van der Waals surface area contributed by atoms with Crippen LogP contribution in [0.25, 0.3) is 0 Å². The Labute approximate surface area is 121 Å². The van der Waals surface area contributed by atoms with Crippen LogP contribution in [0.2, 0.25) is 0 Å². The minimum absolute atomic E-state index is 0.368. The van der Waals surface area contributed by atoms with Gasteiger partial charge < -0.3 is 20.1 Å². The molecule has 0 unspecified atom stereocenters. The number of nitrogens with two attached hydrogens (primary N) is 1. The molecule has 1 aromatic heterocycles. The van der Waals surface area contributed by atoms with E-state index in [-0.39, 0.29) is 0 Å². The average molecular weight is 296 g/mol. The van der Waals surface area contributed by atoms with Gasteiger partial charge in [0, 0.05) is 6.42 Å². The smallest absolute Gasteiger partial charge is 0.214 e. The SMILES string of the molecule is COc1cc(Cc2n[nH]c(=S)n2N)cc(OC)c1OC. The molecule has 20 heavy (non-hydrogen) atoms. The molecule has 1 aromatic carbocycles. The highest BCUT2D eigenvalue weighted by molar-refractivity contribution is 7.71. The topological polar surface area (TPSA) is 87.3 Å². The highest BCUT2D eigenvalue weighted by atomic mass is 32.1. The molecule has 0 aliphatic rings. The van der Waals surface area contributed by atoms with Crippen molar-refractivity contribution in [3.05, 3.63) is 28.3 Å². The van der Waals surface area contributed by atoms with E-state index in [1.165, 1.54) is 4.68 Å². The van der Waals surface area contributed by atoms with Gasteiger partial charge in [-0.3, -0.25) is 5.10 Å². The van der Waals surface area contributed by atoms with Crippen LogP contribution >= 0.6 is 12.2 Å². The Morgan fingerprint density at radius 2 is 1.80 bits per heavy atom. The number of methoxy groups -OCH3 is 3. The molecule has 8 heteroatoms. The van der Waals surface area contributed by atoms with Crippen molar-refractivity contribution >= 4 is 12.2 Å². The van der Waals surface area contributed by atoms with Crippen LogP contribution in [0.4, 0.5) is 0 Å². The highest BCUT2D eigenvalue weighted by Gasteiger charge is 2.14. The first kappa shape index (κ1) is 14.2. The number of H-pyrrole nitrogens is 1. The summed E-state index contributed by atoms with van der Waals surface area (Å²) in [6, 6.07) is 3.69. The summed E-state index contributed by atoms with van der Waals surface area (Å²) in [6.45, 7) is 0. The largest absolute Gasteiger partial charge is 0.493 e. The van der Waals surface area contributed by atoms with E-state index in [0.29, 0.717) is 34.3 Å². The summed E-state index contributed by atoms with van der Waals surface area (Å²) in [5, 5.41) is 6.71. The van der Waals surface area contributed by atoms with Crippen LogP contribution in [0.1, 0.15) is 11.4 Å². The van der Waals surface area contributed by atoms with Gasteiger partial charge in [-0.15, -0.1) is 0 Å². The summed E-state index contributed by atoms with van der Waals surface area (Å²) < 4.78 is 17.6. The number of nitrogen functional groups attached to an aromatic ring is 1. The number of hydrogen-bond acceptors (Lipinski definition) is 6. The molecule has 2 rings (SSSR count). The van der Waals surface area contributed by atoms with Crippen molar-refractivity contribution in [2.45, 2.75) is 6.42 Å². The summed E-state index contributed by atoms with van der Waals surface area (Å²) >= 11 is 4.98. The summed E-state index contributed by atoms with van der Waals surface area (Å²) in [5.41, 5.74) is 0.917. The molecule has 3 N–H and O–H groups in total. The number of nitrogens with zero attached hydrogens (tertiary/aromatic N) is 2. The van der Waals surface area contributed by atoms with Crippen LogP contribution in [0, 0.1) is 4.77 Å². The van der Waals surface area contributed by atoms with Crippen LogP contribution in [0.5, 0.6) is 17.2 Å². The van der Waals surface area contributed by atoms with Crippen LogP contribution in [-0.2, 0) is 6.42 Å². The molecule has 0 atom stereocenters. The lowest BCUT2D eigenvalue weighted by Crippen LogP contribution is -2.13. The molecule has 7 nitrogen and oxygen atoms in total. The number of nitrogens with one attached hydrogen (secondary N) is 1. The van der Waals surface area contributed by atoms with E-state index in [9.17, 15) is 0 Å². The zero-order valence-corrected chi connectivity index (χ0v) is 12.3. The second kappa shape index (κ2) is 5.83. The monoisotopic (exact) mass is 296 g/mol. The lowest BCUT2D eigenvalue weighted by Gasteiger charge is -2.13. The molecule has 0 saturated carbocycles. The van der Waals surface area contributed by atoms with Gasteiger partial charge in [0.1, 0.15) is 0 Å². The van der Waals surface area contributed by atoms with Gasteiger partial charge in [0.05, 0.1) is 21.3 Å². The molecule has 0 saturated heterocycles. The van der Waals surface area contributed by atoms with Crippen molar-refractivity contribution in [3.63, 3.8) is 0 Å². The first-order valence-corrected chi connectivity index (χ1v) is 6.21. The third-order valence-corrected chi connectivity index (χ3v) is 3.15. The molecule has 108 valence electrons. The van der Waals surface area contributed by atoms with Gasteiger partial charge in [-0.2, -0.15) is 5.10 Å². The third-order valence-electron chi connectivity index (χ3n) is 2.86. The number of ether oxygens (including phenoxy) is 3.